The molecule has 1 aromatic heterocycles. The zero-order valence-electron chi connectivity index (χ0n) is 15.5. The normalized spacial score (nSPS) is 22.5. The van der Waals surface area contributed by atoms with Crippen LogP contribution in [-0.2, 0) is 21.4 Å². The molecule has 0 bridgehead atoms. The predicted octanol–water partition coefficient (Wildman–Crippen LogP) is 1.53. The molecule has 2 heterocycles. The summed E-state index contributed by atoms with van der Waals surface area (Å²) in [5.41, 5.74) is -0.142. The third kappa shape index (κ3) is 5.87. The van der Waals surface area contributed by atoms with E-state index in [0.29, 0.717) is 31.1 Å². The molecule has 1 aliphatic heterocycles. The van der Waals surface area contributed by atoms with Crippen LogP contribution in [0.5, 0.6) is 0 Å². The summed E-state index contributed by atoms with van der Waals surface area (Å²) < 4.78 is 10.9. The van der Waals surface area contributed by atoms with Gasteiger partial charge in [0.25, 0.3) is 0 Å². The standard InChI is InChI=1S/C17H30N4O3/c1-12-10-21(11-13(2)23-12)9-8-18-14(22)6-7-15-19-16(20-24-15)17(3,4)5/h12-13H,6-11H2,1-5H3,(H,18,22)/t12-,13-/m0/s1. The third-order valence-electron chi connectivity index (χ3n) is 3.95. The Labute approximate surface area is 144 Å². The number of hydrogen-bond acceptors (Lipinski definition) is 6. The highest BCUT2D eigenvalue weighted by atomic mass is 16.5. The maximum atomic E-state index is 11.9. The van der Waals surface area contributed by atoms with Crippen LogP contribution in [-0.4, -0.2) is 59.3 Å². The predicted molar refractivity (Wildman–Crippen MR) is 90.8 cm³/mol. The van der Waals surface area contributed by atoms with Gasteiger partial charge < -0.3 is 14.6 Å². The topological polar surface area (TPSA) is 80.5 Å². The lowest BCUT2D eigenvalue weighted by molar-refractivity contribution is -0.121. The second kappa shape index (κ2) is 8.07. The molecule has 7 nitrogen and oxygen atoms in total. The number of nitrogens with one attached hydrogen (secondary N) is 1. The number of rotatable bonds is 6. The molecule has 2 rings (SSSR count). The van der Waals surface area contributed by atoms with Gasteiger partial charge in [-0.05, 0) is 13.8 Å². The van der Waals surface area contributed by atoms with Crippen molar-refractivity contribution in [2.45, 2.75) is 65.1 Å². The molecule has 1 N–H and O–H groups in total. The number of carbonyl (C=O) groups is 1. The van der Waals surface area contributed by atoms with Gasteiger partial charge in [-0.2, -0.15) is 4.98 Å². The molecule has 0 radical (unpaired) electrons. The number of nitrogens with zero attached hydrogens (tertiary/aromatic N) is 3. The highest BCUT2D eigenvalue weighted by Crippen LogP contribution is 2.18. The summed E-state index contributed by atoms with van der Waals surface area (Å²) in [4.78, 5) is 18.6. The molecule has 24 heavy (non-hydrogen) atoms. The molecule has 7 heteroatoms. The molecular weight excluding hydrogens is 308 g/mol. The van der Waals surface area contributed by atoms with Crippen molar-refractivity contribution < 1.29 is 14.1 Å². The van der Waals surface area contributed by atoms with Crippen LogP contribution in [0, 0.1) is 0 Å². The highest BCUT2D eigenvalue weighted by molar-refractivity contribution is 5.75. The van der Waals surface area contributed by atoms with Gasteiger partial charge in [0.05, 0.1) is 12.2 Å². The molecule has 1 aliphatic rings. The maximum Gasteiger partial charge on any atom is 0.227 e. The van der Waals surface area contributed by atoms with Crippen LogP contribution in [0.15, 0.2) is 4.52 Å². The Hall–Kier alpha value is -1.47. The van der Waals surface area contributed by atoms with Crippen molar-refractivity contribution in [3.63, 3.8) is 0 Å². The average molecular weight is 338 g/mol. The number of hydrogen-bond donors (Lipinski definition) is 1. The maximum absolute atomic E-state index is 11.9. The minimum absolute atomic E-state index is 0.0138. The van der Waals surface area contributed by atoms with Gasteiger partial charge in [-0.25, -0.2) is 0 Å². The van der Waals surface area contributed by atoms with Crippen LogP contribution in [0.25, 0.3) is 0 Å². The fraction of sp³-hybridized carbons (Fsp3) is 0.824. The summed E-state index contributed by atoms with van der Waals surface area (Å²) >= 11 is 0. The van der Waals surface area contributed by atoms with Gasteiger partial charge in [0.1, 0.15) is 0 Å². The summed E-state index contributed by atoms with van der Waals surface area (Å²) in [5, 5.41) is 6.92. The van der Waals surface area contributed by atoms with Crippen molar-refractivity contribution in [3.8, 4) is 0 Å². The monoisotopic (exact) mass is 338 g/mol. The minimum Gasteiger partial charge on any atom is -0.373 e. The Morgan fingerprint density at radius 3 is 2.54 bits per heavy atom. The van der Waals surface area contributed by atoms with E-state index in [0.717, 1.165) is 19.6 Å². The molecule has 0 aromatic carbocycles. The Bertz CT molecular complexity index is 528. The van der Waals surface area contributed by atoms with Crippen molar-refractivity contribution in [2.24, 2.45) is 0 Å². The Kier molecular flexibility index (Phi) is 6.34. The highest BCUT2D eigenvalue weighted by Gasteiger charge is 2.22. The van der Waals surface area contributed by atoms with Crippen molar-refractivity contribution >= 4 is 5.91 Å². The fourth-order valence-electron chi connectivity index (χ4n) is 2.79. The van der Waals surface area contributed by atoms with Crippen LogP contribution < -0.4 is 5.32 Å². The van der Waals surface area contributed by atoms with Crippen molar-refractivity contribution in [2.75, 3.05) is 26.2 Å². The second-order valence-electron chi connectivity index (χ2n) is 7.63. The van der Waals surface area contributed by atoms with Gasteiger partial charge in [0, 0.05) is 44.4 Å². The van der Waals surface area contributed by atoms with Crippen molar-refractivity contribution in [3.05, 3.63) is 11.7 Å². The first-order valence-corrected chi connectivity index (χ1v) is 8.71. The second-order valence-corrected chi connectivity index (χ2v) is 7.63. The zero-order chi connectivity index (χ0) is 17.7. The first-order chi connectivity index (χ1) is 11.2. The van der Waals surface area contributed by atoms with Gasteiger partial charge in [-0.3, -0.25) is 9.69 Å². The Morgan fingerprint density at radius 2 is 1.96 bits per heavy atom. The average Bonchev–Trinajstić information content (AvgIpc) is 2.93. The van der Waals surface area contributed by atoms with E-state index < -0.39 is 0 Å². The van der Waals surface area contributed by atoms with Crippen molar-refractivity contribution in [1.29, 1.82) is 0 Å². The number of aromatic nitrogens is 2. The first kappa shape index (κ1) is 18.9. The van der Waals surface area contributed by atoms with E-state index >= 15 is 0 Å². The lowest BCUT2D eigenvalue weighted by Gasteiger charge is -2.35. The van der Waals surface area contributed by atoms with Gasteiger partial charge >= 0.3 is 0 Å². The molecule has 0 unspecified atom stereocenters. The molecule has 2 atom stereocenters. The first-order valence-electron chi connectivity index (χ1n) is 8.71. The van der Waals surface area contributed by atoms with E-state index in [1.807, 2.05) is 20.8 Å². The van der Waals surface area contributed by atoms with Crippen LogP contribution in [0.4, 0.5) is 0 Å². The van der Waals surface area contributed by atoms with Gasteiger partial charge in [-0.1, -0.05) is 25.9 Å². The van der Waals surface area contributed by atoms with Crippen LogP contribution in [0.2, 0.25) is 0 Å². The number of amides is 1. The summed E-state index contributed by atoms with van der Waals surface area (Å²) in [6, 6.07) is 0. The Morgan fingerprint density at radius 1 is 1.29 bits per heavy atom. The molecule has 0 saturated carbocycles. The van der Waals surface area contributed by atoms with E-state index in [1.54, 1.807) is 0 Å². The van der Waals surface area contributed by atoms with Gasteiger partial charge in [0.2, 0.25) is 11.8 Å². The minimum atomic E-state index is -0.142. The van der Waals surface area contributed by atoms with E-state index in [1.165, 1.54) is 0 Å². The summed E-state index contributed by atoms with van der Waals surface area (Å²) in [6.07, 6.45) is 1.33. The van der Waals surface area contributed by atoms with E-state index in [9.17, 15) is 4.79 Å². The number of morpholine rings is 1. The quantitative estimate of drug-likeness (QED) is 0.847. The van der Waals surface area contributed by atoms with E-state index in [-0.39, 0.29) is 23.5 Å². The lowest BCUT2D eigenvalue weighted by atomic mass is 9.96. The summed E-state index contributed by atoms with van der Waals surface area (Å²) in [6.45, 7) is 13.6. The molecule has 1 fully saturated rings. The zero-order valence-corrected chi connectivity index (χ0v) is 15.5. The van der Waals surface area contributed by atoms with Gasteiger partial charge in [-0.15, -0.1) is 0 Å². The SMILES string of the molecule is C[C@H]1CN(CCNC(=O)CCc2nc(C(C)(C)C)no2)C[C@H](C)O1. The lowest BCUT2D eigenvalue weighted by Crippen LogP contribution is -2.47. The fourth-order valence-corrected chi connectivity index (χ4v) is 2.79. The largest absolute Gasteiger partial charge is 0.373 e. The molecule has 1 amide bonds. The van der Waals surface area contributed by atoms with Crippen LogP contribution in [0.3, 0.4) is 0 Å². The van der Waals surface area contributed by atoms with Crippen LogP contribution >= 0.6 is 0 Å². The molecule has 136 valence electrons. The molecule has 0 spiro atoms. The molecule has 0 aliphatic carbocycles. The smallest absolute Gasteiger partial charge is 0.227 e. The Balaban J connectivity index is 1.66. The van der Waals surface area contributed by atoms with Crippen molar-refractivity contribution in [1.82, 2.24) is 20.4 Å². The van der Waals surface area contributed by atoms with E-state index in [2.05, 4.69) is 34.2 Å². The van der Waals surface area contributed by atoms with E-state index in [4.69, 9.17) is 9.26 Å². The van der Waals surface area contributed by atoms with Crippen LogP contribution in [0.1, 0.15) is 52.8 Å². The number of ether oxygens (including phenoxy) is 1. The number of carbonyl (C=O) groups excluding carboxylic acids is 1. The molecular formula is C17H30N4O3. The molecule has 1 saturated heterocycles. The third-order valence-corrected chi connectivity index (χ3v) is 3.95. The number of aryl methyl sites for hydroxylation is 1. The summed E-state index contributed by atoms with van der Waals surface area (Å²) in [7, 11) is 0. The molecule has 1 aromatic rings. The van der Waals surface area contributed by atoms with Gasteiger partial charge in [0.15, 0.2) is 5.82 Å². The summed E-state index contributed by atoms with van der Waals surface area (Å²) in [5.74, 6) is 1.21.